The molecule has 0 atom stereocenters. The second-order valence-electron chi connectivity index (χ2n) is 9.71. The van der Waals surface area contributed by atoms with E-state index in [1.54, 1.807) is 30.7 Å². The normalized spacial score (nSPS) is 29.4. The van der Waals surface area contributed by atoms with Crippen molar-refractivity contribution in [1.82, 2.24) is 14.7 Å². The van der Waals surface area contributed by atoms with Crippen LogP contribution in [0, 0.1) is 41.7 Å². The number of carbonyl (C=O) groups excluding carboxylic acids is 1. The lowest BCUT2D eigenvalue weighted by molar-refractivity contribution is -0.386. The molecule has 4 bridgehead atoms. The molecule has 4 aliphatic carbocycles. The van der Waals surface area contributed by atoms with E-state index < -0.39 is 4.92 Å². The number of hydrogen-bond acceptors (Lipinski definition) is 5. The van der Waals surface area contributed by atoms with Gasteiger partial charge in [-0.1, -0.05) is 0 Å². The highest BCUT2D eigenvalue weighted by atomic mass is 16.6. The van der Waals surface area contributed by atoms with Crippen LogP contribution in [-0.4, -0.2) is 38.1 Å². The average Bonchev–Trinajstić information content (AvgIpc) is 3.24. The molecule has 0 saturated heterocycles. The third kappa shape index (κ3) is 2.96. The molecule has 2 heterocycles. The van der Waals surface area contributed by atoms with Gasteiger partial charge in [-0.25, -0.2) is 0 Å². The predicted octanol–water partition coefficient (Wildman–Crippen LogP) is 4.09. The molecule has 0 aliphatic heterocycles. The van der Waals surface area contributed by atoms with Crippen LogP contribution in [0.15, 0.2) is 16.5 Å². The molecule has 30 heavy (non-hydrogen) atoms. The first-order valence-corrected chi connectivity index (χ1v) is 10.8. The van der Waals surface area contributed by atoms with Gasteiger partial charge in [-0.15, -0.1) is 0 Å². The number of hydrogen-bond donors (Lipinski definition) is 0. The Morgan fingerprint density at radius 1 is 1.23 bits per heavy atom. The Labute approximate surface area is 175 Å². The third-order valence-corrected chi connectivity index (χ3v) is 7.73. The fourth-order valence-electron chi connectivity index (χ4n) is 6.69. The summed E-state index contributed by atoms with van der Waals surface area (Å²) < 4.78 is 7.44. The smallest absolute Gasteiger partial charge is 0.312 e. The minimum absolute atomic E-state index is 0.0188. The number of rotatable bonds is 5. The van der Waals surface area contributed by atoms with Crippen LogP contribution in [0.4, 0.5) is 5.69 Å². The summed E-state index contributed by atoms with van der Waals surface area (Å²) in [6, 6.07) is 3.48. The van der Waals surface area contributed by atoms with Crippen LogP contribution in [0.3, 0.4) is 0 Å². The zero-order valence-electron chi connectivity index (χ0n) is 17.8. The highest BCUT2D eigenvalue weighted by molar-refractivity contribution is 5.92. The molecule has 8 heteroatoms. The lowest BCUT2D eigenvalue weighted by atomic mass is 9.52. The summed E-state index contributed by atoms with van der Waals surface area (Å²) in [4.78, 5) is 26.0. The molecule has 160 valence electrons. The van der Waals surface area contributed by atoms with Gasteiger partial charge in [-0.05, 0) is 82.3 Å². The van der Waals surface area contributed by atoms with Crippen molar-refractivity contribution in [1.29, 1.82) is 0 Å². The van der Waals surface area contributed by atoms with Gasteiger partial charge in [0.15, 0.2) is 5.76 Å². The number of carbonyl (C=O) groups is 1. The van der Waals surface area contributed by atoms with E-state index in [0.29, 0.717) is 22.9 Å². The highest BCUT2D eigenvalue weighted by Crippen LogP contribution is 2.57. The van der Waals surface area contributed by atoms with Gasteiger partial charge in [0.05, 0.1) is 11.5 Å². The summed E-state index contributed by atoms with van der Waals surface area (Å²) in [6.07, 6.45) is 7.35. The molecular formula is C22H28N4O4. The van der Waals surface area contributed by atoms with E-state index in [2.05, 4.69) is 5.10 Å². The van der Waals surface area contributed by atoms with Crippen LogP contribution in [-0.2, 0) is 6.54 Å². The zero-order valence-corrected chi connectivity index (χ0v) is 17.8. The Kier molecular flexibility index (Phi) is 4.31. The van der Waals surface area contributed by atoms with Crippen molar-refractivity contribution < 1.29 is 14.1 Å². The van der Waals surface area contributed by atoms with Gasteiger partial charge < -0.3 is 9.32 Å². The SMILES string of the molecule is Cc1nn(Cc2ccc(C(=O)N(C)C34CC5CC(CC(C5)C3)C4)o2)c(C)c1[N+](=O)[O-]. The molecule has 2 aromatic rings. The Balaban J connectivity index is 1.34. The molecule has 0 spiro atoms. The van der Waals surface area contributed by atoms with Crippen molar-refractivity contribution in [3.05, 3.63) is 45.2 Å². The molecule has 0 radical (unpaired) electrons. The molecule has 4 fully saturated rings. The van der Waals surface area contributed by atoms with Gasteiger partial charge in [0.25, 0.3) is 5.91 Å². The summed E-state index contributed by atoms with van der Waals surface area (Å²) in [7, 11) is 1.93. The van der Waals surface area contributed by atoms with E-state index in [-0.39, 0.29) is 23.7 Å². The second-order valence-corrected chi connectivity index (χ2v) is 9.71. The highest BCUT2D eigenvalue weighted by Gasteiger charge is 2.54. The fourth-order valence-corrected chi connectivity index (χ4v) is 6.69. The van der Waals surface area contributed by atoms with Crippen LogP contribution in [0.5, 0.6) is 0 Å². The number of aromatic nitrogens is 2. The average molecular weight is 412 g/mol. The number of amides is 1. The zero-order chi connectivity index (χ0) is 21.2. The van der Waals surface area contributed by atoms with Gasteiger partial charge >= 0.3 is 5.69 Å². The third-order valence-electron chi connectivity index (χ3n) is 7.73. The van der Waals surface area contributed by atoms with Gasteiger partial charge in [0.2, 0.25) is 0 Å². The van der Waals surface area contributed by atoms with Gasteiger partial charge in [0, 0.05) is 12.6 Å². The number of furan rings is 1. The Morgan fingerprint density at radius 2 is 1.83 bits per heavy atom. The molecule has 6 rings (SSSR count). The molecule has 8 nitrogen and oxygen atoms in total. The maximum Gasteiger partial charge on any atom is 0.312 e. The van der Waals surface area contributed by atoms with E-state index >= 15 is 0 Å². The van der Waals surface area contributed by atoms with Crippen molar-refractivity contribution in [2.45, 2.75) is 64.5 Å². The van der Waals surface area contributed by atoms with E-state index in [1.807, 2.05) is 11.9 Å². The molecule has 4 aliphatic rings. The predicted molar refractivity (Wildman–Crippen MR) is 109 cm³/mol. The second kappa shape index (κ2) is 6.68. The number of aryl methyl sites for hydroxylation is 1. The van der Waals surface area contributed by atoms with Crippen LogP contribution in [0.25, 0.3) is 0 Å². The summed E-state index contributed by atoms with van der Waals surface area (Å²) in [5.74, 6) is 3.13. The van der Waals surface area contributed by atoms with Crippen molar-refractivity contribution in [3.63, 3.8) is 0 Å². The van der Waals surface area contributed by atoms with E-state index in [1.165, 1.54) is 19.3 Å². The minimum atomic E-state index is -0.411. The topological polar surface area (TPSA) is 94.4 Å². The molecule has 4 saturated carbocycles. The summed E-state index contributed by atoms with van der Waals surface area (Å²) in [5, 5.41) is 15.5. The van der Waals surface area contributed by atoms with Crippen molar-refractivity contribution in [3.8, 4) is 0 Å². The minimum Gasteiger partial charge on any atom is -0.454 e. The summed E-state index contributed by atoms with van der Waals surface area (Å²) >= 11 is 0. The van der Waals surface area contributed by atoms with Gasteiger partial charge in [0.1, 0.15) is 17.1 Å². The number of nitro groups is 1. The quantitative estimate of drug-likeness (QED) is 0.544. The number of nitrogens with zero attached hydrogens (tertiary/aromatic N) is 4. The maximum absolute atomic E-state index is 13.3. The monoisotopic (exact) mass is 412 g/mol. The molecule has 0 unspecified atom stereocenters. The van der Waals surface area contributed by atoms with Crippen molar-refractivity contribution in [2.75, 3.05) is 7.05 Å². The summed E-state index contributed by atoms with van der Waals surface area (Å²) in [5.41, 5.74) is 0.864. The molecule has 1 amide bonds. The Hall–Kier alpha value is -2.64. The Morgan fingerprint density at radius 3 is 2.37 bits per heavy atom. The first-order chi connectivity index (χ1) is 14.3. The van der Waals surface area contributed by atoms with E-state index in [0.717, 1.165) is 37.0 Å². The van der Waals surface area contributed by atoms with Crippen LogP contribution in [0.1, 0.15) is 66.2 Å². The fraction of sp³-hybridized carbons (Fsp3) is 0.636. The van der Waals surface area contributed by atoms with Crippen LogP contribution in [0.2, 0.25) is 0 Å². The molecule has 0 aromatic carbocycles. The van der Waals surface area contributed by atoms with E-state index in [9.17, 15) is 14.9 Å². The van der Waals surface area contributed by atoms with Crippen molar-refractivity contribution in [2.24, 2.45) is 17.8 Å². The maximum atomic E-state index is 13.3. The largest absolute Gasteiger partial charge is 0.454 e. The first-order valence-electron chi connectivity index (χ1n) is 10.8. The molecule has 0 N–H and O–H groups in total. The summed E-state index contributed by atoms with van der Waals surface area (Å²) in [6.45, 7) is 3.56. The molecular weight excluding hydrogens is 384 g/mol. The Bertz CT molecular complexity index is 985. The van der Waals surface area contributed by atoms with Crippen LogP contribution < -0.4 is 0 Å². The van der Waals surface area contributed by atoms with Crippen molar-refractivity contribution >= 4 is 11.6 Å². The van der Waals surface area contributed by atoms with Crippen LogP contribution >= 0.6 is 0 Å². The lowest BCUT2D eigenvalue weighted by Crippen LogP contribution is -2.60. The van der Waals surface area contributed by atoms with E-state index in [4.69, 9.17) is 4.42 Å². The van der Waals surface area contributed by atoms with Gasteiger partial charge in [-0.3, -0.25) is 19.6 Å². The lowest BCUT2D eigenvalue weighted by Gasteiger charge is -2.59. The standard InChI is InChI=1S/C22H28N4O4/c1-13-20(26(28)29)14(2)25(23-13)12-18-4-5-19(30-18)21(27)24(3)22-9-15-6-16(10-22)8-17(7-15)11-22/h4-5,15-17H,6-12H2,1-3H3. The first kappa shape index (κ1) is 19.3. The van der Waals surface area contributed by atoms with Gasteiger partial charge in [-0.2, -0.15) is 5.10 Å². The molecule has 2 aromatic heterocycles.